The Hall–Kier alpha value is -2.14. The lowest BCUT2D eigenvalue weighted by Gasteiger charge is -2.24. The second kappa shape index (κ2) is 8.92. The monoisotopic (exact) mass is 291 g/mol. The number of esters is 1. The van der Waals surface area contributed by atoms with Crippen LogP contribution in [0, 0.1) is 0 Å². The number of rotatable bonds is 7. The first kappa shape index (κ1) is 16.9. The molecule has 0 heterocycles. The Morgan fingerprint density at radius 2 is 2.00 bits per heavy atom. The third-order valence-electron chi connectivity index (χ3n) is 2.90. The molecule has 21 heavy (non-hydrogen) atoms. The molecule has 0 saturated heterocycles. The summed E-state index contributed by atoms with van der Waals surface area (Å²) in [5.41, 5.74) is 0.422. The minimum absolute atomic E-state index is 0.209. The second-order valence-corrected chi connectivity index (χ2v) is 4.47. The molecule has 1 aromatic rings. The van der Waals surface area contributed by atoms with E-state index < -0.39 is 18.1 Å². The number of ether oxygens (including phenoxy) is 1. The topological polar surface area (TPSA) is 75.6 Å². The molecule has 0 unspecified atom stereocenters. The van der Waals surface area contributed by atoms with Crippen molar-refractivity contribution in [3.05, 3.63) is 48.0 Å². The Bertz CT molecular complexity index is 484. The van der Waals surface area contributed by atoms with Crippen LogP contribution in [0.25, 0.3) is 0 Å². The van der Waals surface area contributed by atoms with Crippen LogP contribution in [0.15, 0.2) is 42.5 Å². The lowest BCUT2D eigenvalue weighted by Crippen LogP contribution is -2.46. The van der Waals surface area contributed by atoms with Crippen LogP contribution < -0.4 is 5.32 Å². The van der Waals surface area contributed by atoms with E-state index in [4.69, 9.17) is 4.74 Å². The molecule has 5 nitrogen and oxygen atoms in total. The highest BCUT2D eigenvalue weighted by Crippen LogP contribution is 2.08. The average Bonchev–Trinajstić information content (AvgIpc) is 2.52. The molecule has 0 spiro atoms. The molecule has 1 rings (SSSR count). The Kier molecular flexibility index (Phi) is 7.18. The number of hydrogen-bond acceptors (Lipinski definition) is 4. The third kappa shape index (κ3) is 5.39. The summed E-state index contributed by atoms with van der Waals surface area (Å²) in [5.74, 6) is -0.706. The van der Waals surface area contributed by atoms with Crippen molar-refractivity contribution in [1.29, 1.82) is 0 Å². The quantitative estimate of drug-likeness (QED) is 0.592. The van der Waals surface area contributed by atoms with E-state index >= 15 is 0 Å². The standard InChI is InChI=1S/C16H21NO4/c1-3-8-14(13(11-18)17-15(19)4-2)21-16(20)12-9-6-5-7-10-12/h3,5-10,13-14,18H,4,11H2,1-2H3,(H,17,19)/b8-3+/t13-,14+/m0/s1. The summed E-state index contributed by atoms with van der Waals surface area (Å²) in [5, 5.41) is 12.1. The minimum atomic E-state index is -0.719. The number of allylic oxidation sites excluding steroid dienone is 1. The van der Waals surface area contributed by atoms with E-state index in [1.807, 2.05) is 0 Å². The van der Waals surface area contributed by atoms with Gasteiger partial charge in [-0.05, 0) is 25.1 Å². The first-order valence-corrected chi connectivity index (χ1v) is 6.91. The molecule has 2 atom stereocenters. The number of hydrogen-bond donors (Lipinski definition) is 2. The largest absolute Gasteiger partial charge is 0.452 e. The molecule has 0 fully saturated rings. The maximum atomic E-state index is 12.1. The molecule has 0 aromatic heterocycles. The highest BCUT2D eigenvalue weighted by molar-refractivity contribution is 5.89. The normalized spacial score (nSPS) is 13.7. The highest BCUT2D eigenvalue weighted by Gasteiger charge is 2.24. The van der Waals surface area contributed by atoms with Gasteiger partial charge in [-0.1, -0.05) is 31.2 Å². The minimum Gasteiger partial charge on any atom is -0.452 e. The van der Waals surface area contributed by atoms with Gasteiger partial charge in [0.1, 0.15) is 6.10 Å². The van der Waals surface area contributed by atoms with E-state index in [9.17, 15) is 14.7 Å². The smallest absolute Gasteiger partial charge is 0.338 e. The van der Waals surface area contributed by atoms with Crippen molar-refractivity contribution in [2.24, 2.45) is 0 Å². The highest BCUT2D eigenvalue weighted by atomic mass is 16.5. The zero-order chi connectivity index (χ0) is 15.7. The molecule has 0 aliphatic carbocycles. The fourth-order valence-corrected chi connectivity index (χ4v) is 1.75. The molecule has 1 aromatic carbocycles. The molecule has 1 amide bonds. The number of nitrogens with one attached hydrogen (secondary N) is 1. The third-order valence-corrected chi connectivity index (χ3v) is 2.90. The molecule has 0 radical (unpaired) electrons. The number of carbonyl (C=O) groups excluding carboxylic acids is 2. The molecule has 0 saturated carbocycles. The summed E-state index contributed by atoms with van der Waals surface area (Å²) in [6.45, 7) is 3.17. The summed E-state index contributed by atoms with van der Waals surface area (Å²) in [7, 11) is 0. The number of benzene rings is 1. The van der Waals surface area contributed by atoms with Crippen LogP contribution in [-0.4, -0.2) is 35.7 Å². The summed E-state index contributed by atoms with van der Waals surface area (Å²) >= 11 is 0. The Morgan fingerprint density at radius 1 is 1.33 bits per heavy atom. The van der Waals surface area contributed by atoms with E-state index in [1.54, 1.807) is 56.3 Å². The van der Waals surface area contributed by atoms with Crippen LogP contribution in [0.1, 0.15) is 30.6 Å². The number of aliphatic hydroxyl groups is 1. The maximum Gasteiger partial charge on any atom is 0.338 e. The van der Waals surface area contributed by atoms with Gasteiger partial charge in [0.25, 0.3) is 0 Å². The number of carbonyl (C=O) groups is 2. The number of amides is 1. The summed E-state index contributed by atoms with van der Waals surface area (Å²) in [6.07, 6.45) is 2.93. The zero-order valence-electron chi connectivity index (χ0n) is 12.3. The second-order valence-electron chi connectivity index (χ2n) is 4.47. The Balaban J connectivity index is 2.80. The SMILES string of the molecule is C/C=C/[C@@H](OC(=O)c1ccccc1)[C@H](CO)NC(=O)CC. The van der Waals surface area contributed by atoms with E-state index in [1.165, 1.54) is 0 Å². The van der Waals surface area contributed by atoms with Crippen LogP contribution in [0.2, 0.25) is 0 Å². The van der Waals surface area contributed by atoms with Crippen LogP contribution in [-0.2, 0) is 9.53 Å². The van der Waals surface area contributed by atoms with Crippen molar-refractivity contribution in [3.8, 4) is 0 Å². The average molecular weight is 291 g/mol. The number of aliphatic hydroxyl groups excluding tert-OH is 1. The van der Waals surface area contributed by atoms with Gasteiger partial charge in [-0.25, -0.2) is 4.79 Å². The fourth-order valence-electron chi connectivity index (χ4n) is 1.75. The lowest BCUT2D eigenvalue weighted by atomic mass is 10.1. The van der Waals surface area contributed by atoms with Crippen molar-refractivity contribution >= 4 is 11.9 Å². The molecule has 5 heteroatoms. The van der Waals surface area contributed by atoms with Gasteiger partial charge in [-0.3, -0.25) is 4.79 Å². The first-order chi connectivity index (χ1) is 10.1. The van der Waals surface area contributed by atoms with E-state index in [-0.39, 0.29) is 12.5 Å². The van der Waals surface area contributed by atoms with Gasteiger partial charge < -0.3 is 15.2 Å². The fraction of sp³-hybridized carbons (Fsp3) is 0.375. The molecular formula is C16H21NO4. The first-order valence-electron chi connectivity index (χ1n) is 6.91. The van der Waals surface area contributed by atoms with Gasteiger partial charge in [-0.2, -0.15) is 0 Å². The van der Waals surface area contributed by atoms with Crippen molar-refractivity contribution < 1.29 is 19.4 Å². The molecule has 0 aliphatic heterocycles. The Morgan fingerprint density at radius 3 is 2.52 bits per heavy atom. The summed E-state index contributed by atoms with van der Waals surface area (Å²) in [6, 6.07) is 7.91. The van der Waals surface area contributed by atoms with Gasteiger partial charge in [0.15, 0.2) is 0 Å². The molecule has 114 valence electrons. The summed E-state index contributed by atoms with van der Waals surface area (Å²) < 4.78 is 5.37. The van der Waals surface area contributed by atoms with Gasteiger partial charge in [-0.15, -0.1) is 0 Å². The lowest BCUT2D eigenvalue weighted by molar-refractivity contribution is -0.122. The van der Waals surface area contributed by atoms with E-state index in [0.29, 0.717) is 12.0 Å². The van der Waals surface area contributed by atoms with Gasteiger partial charge in [0.2, 0.25) is 5.91 Å². The van der Waals surface area contributed by atoms with Crippen LogP contribution in [0.5, 0.6) is 0 Å². The maximum absolute atomic E-state index is 12.1. The van der Waals surface area contributed by atoms with Crippen LogP contribution >= 0.6 is 0 Å². The van der Waals surface area contributed by atoms with Crippen molar-refractivity contribution in [3.63, 3.8) is 0 Å². The zero-order valence-corrected chi connectivity index (χ0v) is 12.3. The predicted molar refractivity (Wildman–Crippen MR) is 79.8 cm³/mol. The summed E-state index contributed by atoms with van der Waals surface area (Å²) in [4.78, 5) is 23.5. The van der Waals surface area contributed by atoms with Crippen molar-refractivity contribution in [2.45, 2.75) is 32.4 Å². The van der Waals surface area contributed by atoms with Crippen molar-refractivity contribution in [2.75, 3.05) is 6.61 Å². The molecular weight excluding hydrogens is 270 g/mol. The molecule has 0 bridgehead atoms. The van der Waals surface area contributed by atoms with Gasteiger partial charge in [0, 0.05) is 6.42 Å². The molecule has 2 N–H and O–H groups in total. The van der Waals surface area contributed by atoms with Gasteiger partial charge in [0.05, 0.1) is 18.2 Å². The van der Waals surface area contributed by atoms with E-state index in [0.717, 1.165) is 0 Å². The molecule has 0 aliphatic rings. The Labute approximate surface area is 124 Å². The van der Waals surface area contributed by atoms with Crippen LogP contribution in [0.3, 0.4) is 0 Å². The van der Waals surface area contributed by atoms with Crippen LogP contribution in [0.4, 0.5) is 0 Å². The van der Waals surface area contributed by atoms with E-state index in [2.05, 4.69) is 5.32 Å². The van der Waals surface area contributed by atoms with Gasteiger partial charge >= 0.3 is 5.97 Å². The van der Waals surface area contributed by atoms with Crippen molar-refractivity contribution in [1.82, 2.24) is 5.32 Å². The predicted octanol–water partition coefficient (Wildman–Crippen LogP) is 1.68.